The third-order valence-corrected chi connectivity index (χ3v) is 3.36. The highest BCUT2D eigenvalue weighted by atomic mass is 16.3. The van der Waals surface area contributed by atoms with E-state index in [4.69, 9.17) is 4.42 Å². The van der Waals surface area contributed by atoms with Crippen molar-refractivity contribution >= 4 is 12.0 Å². The van der Waals surface area contributed by atoms with Gasteiger partial charge in [-0.1, -0.05) is 12.1 Å². The third kappa shape index (κ3) is 4.20. The molecular weight excluding hydrogens is 290 g/mol. The van der Waals surface area contributed by atoms with Crippen LogP contribution in [0, 0.1) is 0 Å². The van der Waals surface area contributed by atoms with E-state index in [9.17, 15) is 4.79 Å². The van der Waals surface area contributed by atoms with Gasteiger partial charge in [0.15, 0.2) is 0 Å². The molecule has 0 spiro atoms. The number of amides is 1. The Morgan fingerprint density at radius 3 is 2.78 bits per heavy atom. The Morgan fingerprint density at radius 2 is 2.09 bits per heavy atom. The first kappa shape index (κ1) is 14.8. The fourth-order valence-electron chi connectivity index (χ4n) is 2.17. The molecule has 5 heteroatoms. The monoisotopic (exact) mass is 307 g/mol. The first-order chi connectivity index (χ1) is 11.3. The van der Waals surface area contributed by atoms with Crippen LogP contribution in [0.15, 0.2) is 71.6 Å². The molecule has 3 aromatic rings. The van der Waals surface area contributed by atoms with Gasteiger partial charge in [-0.25, -0.2) is 4.68 Å². The van der Waals surface area contributed by atoms with Crippen LogP contribution in [-0.2, 0) is 11.2 Å². The highest BCUT2D eigenvalue weighted by Gasteiger charge is 1.99. The quantitative estimate of drug-likeness (QED) is 0.712. The number of carbonyl (C=O) groups is 1. The van der Waals surface area contributed by atoms with Crippen molar-refractivity contribution in [2.45, 2.75) is 6.42 Å². The van der Waals surface area contributed by atoms with Gasteiger partial charge in [0.2, 0.25) is 5.91 Å². The Hall–Kier alpha value is -3.08. The molecule has 1 amide bonds. The molecule has 5 nitrogen and oxygen atoms in total. The lowest BCUT2D eigenvalue weighted by Gasteiger charge is -2.05. The predicted molar refractivity (Wildman–Crippen MR) is 88.0 cm³/mol. The lowest BCUT2D eigenvalue weighted by Crippen LogP contribution is -2.23. The number of nitrogens with one attached hydrogen (secondary N) is 1. The van der Waals surface area contributed by atoms with Crippen LogP contribution in [0.1, 0.15) is 11.3 Å². The Bertz CT molecular complexity index is 757. The van der Waals surface area contributed by atoms with Crippen LogP contribution < -0.4 is 5.32 Å². The van der Waals surface area contributed by atoms with E-state index >= 15 is 0 Å². The topological polar surface area (TPSA) is 60.1 Å². The van der Waals surface area contributed by atoms with Gasteiger partial charge in [-0.15, -0.1) is 0 Å². The molecule has 0 fully saturated rings. The zero-order valence-corrected chi connectivity index (χ0v) is 12.6. The van der Waals surface area contributed by atoms with Gasteiger partial charge in [-0.05, 0) is 48.4 Å². The molecule has 0 atom stereocenters. The SMILES string of the molecule is O=C(/C=C/c1ccco1)NCCc1ccc(-n2cccn2)cc1. The van der Waals surface area contributed by atoms with Gasteiger partial charge in [0.05, 0.1) is 12.0 Å². The molecule has 0 unspecified atom stereocenters. The van der Waals surface area contributed by atoms with Gasteiger partial charge in [0.1, 0.15) is 5.76 Å². The summed E-state index contributed by atoms with van der Waals surface area (Å²) in [6, 6.07) is 13.6. The number of furan rings is 1. The molecule has 0 saturated carbocycles. The summed E-state index contributed by atoms with van der Waals surface area (Å²) >= 11 is 0. The van der Waals surface area contributed by atoms with Crippen molar-refractivity contribution in [1.29, 1.82) is 0 Å². The molecular formula is C18H17N3O2. The van der Waals surface area contributed by atoms with Crippen LogP contribution in [-0.4, -0.2) is 22.2 Å². The van der Waals surface area contributed by atoms with Crippen LogP contribution >= 0.6 is 0 Å². The Kier molecular flexibility index (Phi) is 4.69. The Morgan fingerprint density at radius 1 is 1.22 bits per heavy atom. The van der Waals surface area contributed by atoms with E-state index in [1.807, 2.05) is 41.2 Å². The van der Waals surface area contributed by atoms with Crippen LogP contribution in [0.2, 0.25) is 0 Å². The summed E-state index contributed by atoms with van der Waals surface area (Å²) in [6.07, 6.45) is 9.12. The standard InChI is InChI=1S/C18H17N3O2/c22-18(9-8-17-3-1-14-23-17)19-12-10-15-4-6-16(7-5-15)21-13-2-11-20-21/h1-9,11,13-14H,10,12H2,(H,19,22)/b9-8+. The minimum atomic E-state index is -0.130. The van der Waals surface area contributed by atoms with Gasteiger partial charge in [-0.3, -0.25) is 4.79 Å². The summed E-state index contributed by atoms with van der Waals surface area (Å²) in [6.45, 7) is 0.586. The molecule has 2 aromatic heterocycles. The maximum Gasteiger partial charge on any atom is 0.244 e. The summed E-state index contributed by atoms with van der Waals surface area (Å²) in [7, 11) is 0. The lowest BCUT2D eigenvalue weighted by molar-refractivity contribution is -0.116. The number of carbonyl (C=O) groups excluding carboxylic acids is 1. The largest absolute Gasteiger partial charge is 0.465 e. The van der Waals surface area contributed by atoms with Gasteiger partial charge < -0.3 is 9.73 Å². The molecule has 116 valence electrons. The van der Waals surface area contributed by atoms with Gasteiger partial charge in [0, 0.05) is 25.0 Å². The van der Waals surface area contributed by atoms with Gasteiger partial charge >= 0.3 is 0 Å². The molecule has 0 saturated heterocycles. The van der Waals surface area contributed by atoms with Crippen LogP contribution in [0.4, 0.5) is 0 Å². The van der Waals surface area contributed by atoms with Crippen LogP contribution in [0.25, 0.3) is 11.8 Å². The van der Waals surface area contributed by atoms with Crippen molar-refractivity contribution in [3.63, 3.8) is 0 Å². The smallest absolute Gasteiger partial charge is 0.244 e. The maximum absolute atomic E-state index is 11.7. The Labute approximate surface area is 134 Å². The number of hydrogen-bond donors (Lipinski definition) is 1. The molecule has 1 N–H and O–H groups in total. The minimum Gasteiger partial charge on any atom is -0.465 e. The molecule has 0 aliphatic heterocycles. The van der Waals surface area contributed by atoms with Crippen LogP contribution in [0.3, 0.4) is 0 Å². The molecule has 2 heterocycles. The summed E-state index contributed by atoms with van der Waals surface area (Å²) < 4.78 is 6.94. The number of benzene rings is 1. The highest BCUT2D eigenvalue weighted by Crippen LogP contribution is 2.08. The number of hydrogen-bond acceptors (Lipinski definition) is 3. The van der Waals surface area contributed by atoms with E-state index < -0.39 is 0 Å². The van der Waals surface area contributed by atoms with Crippen molar-refractivity contribution in [2.24, 2.45) is 0 Å². The van der Waals surface area contributed by atoms with Crippen molar-refractivity contribution in [1.82, 2.24) is 15.1 Å². The first-order valence-electron chi connectivity index (χ1n) is 7.40. The van der Waals surface area contributed by atoms with Crippen molar-refractivity contribution in [2.75, 3.05) is 6.54 Å². The fraction of sp³-hybridized carbons (Fsp3) is 0.111. The molecule has 0 radical (unpaired) electrons. The van der Waals surface area contributed by atoms with E-state index in [-0.39, 0.29) is 5.91 Å². The van der Waals surface area contributed by atoms with Crippen molar-refractivity contribution in [3.8, 4) is 5.69 Å². The average molecular weight is 307 g/mol. The van der Waals surface area contributed by atoms with E-state index in [1.165, 1.54) is 6.08 Å². The number of rotatable bonds is 6. The van der Waals surface area contributed by atoms with E-state index in [0.717, 1.165) is 17.7 Å². The van der Waals surface area contributed by atoms with E-state index in [1.54, 1.807) is 30.7 Å². The fourth-order valence-corrected chi connectivity index (χ4v) is 2.17. The second kappa shape index (κ2) is 7.26. The summed E-state index contributed by atoms with van der Waals surface area (Å²) in [5.41, 5.74) is 2.18. The zero-order chi connectivity index (χ0) is 15.9. The summed E-state index contributed by atoms with van der Waals surface area (Å²) in [4.78, 5) is 11.7. The summed E-state index contributed by atoms with van der Waals surface area (Å²) in [5.74, 6) is 0.531. The number of aromatic nitrogens is 2. The molecule has 23 heavy (non-hydrogen) atoms. The highest BCUT2D eigenvalue weighted by molar-refractivity contribution is 5.91. The lowest BCUT2D eigenvalue weighted by atomic mass is 10.1. The second-order valence-corrected chi connectivity index (χ2v) is 5.01. The second-order valence-electron chi connectivity index (χ2n) is 5.01. The van der Waals surface area contributed by atoms with Crippen molar-refractivity contribution in [3.05, 3.63) is 78.5 Å². The van der Waals surface area contributed by atoms with Gasteiger partial charge in [-0.2, -0.15) is 5.10 Å². The molecule has 1 aromatic carbocycles. The zero-order valence-electron chi connectivity index (χ0n) is 12.6. The van der Waals surface area contributed by atoms with E-state index in [0.29, 0.717) is 12.3 Å². The van der Waals surface area contributed by atoms with E-state index in [2.05, 4.69) is 10.4 Å². The molecule has 0 bridgehead atoms. The van der Waals surface area contributed by atoms with Gasteiger partial charge in [0.25, 0.3) is 0 Å². The average Bonchev–Trinajstić information content (AvgIpc) is 3.27. The molecule has 0 aliphatic rings. The van der Waals surface area contributed by atoms with Crippen molar-refractivity contribution < 1.29 is 9.21 Å². The molecule has 0 aliphatic carbocycles. The minimum absolute atomic E-state index is 0.130. The Balaban J connectivity index is 1.46. The third-order valence-electron chi connectivity index (χ3n) is 3.36. The maximum atomic E-state index is 11.7. The normalized spacial score (nSPS) is 11.0. The number of nitrogens with zero attached hydrogens (tertiary/aromatic N) is 2. The molecule has 3 rings (SSSR count). The summed E-state index contributed by atoms with van der Waals surface area (Å²) in [5, 5.41) is 7.04. The first-order valence-corrected chi connectivity index (χ1v) is 7.40. The predicted octanol–water partition coefficient (Wildman–Crippen LogP) is 2.84. The van der Waals surface area contributed by atoms with Crippen LogP contribution in [0.5, 0.6) is 0 Å².